The molecule has 3 rings (SSSR count). The first-order valence-electron chi connectivity index (χ1n) is 7.46. The molecule has 0 fully saturated rings. The van der Waals surface area contributed by atoms with Crippen molar-refractivity contribution in [3.63, 3.8) is 0 Å². The standard InChI is InChI=1S/C23H16/c1-4-18-16-23(21-13-11-17(3)12-14-21)19(5-2)15-22(18)20-9-7-6-8-10-20/h1-2,6-16H,3H3. The van der Waals surface area contributed by atoms with Crippen molar-refractivity contribution < 1.29 is 0 Å². The minimum atomic E-state index is 0.853. The molecule has 0 heteroatoms. The Morgan fingerprint density at radius 2 is 1.13 bits per heavy atom. The third-order valence-corrected chi connectivity index (χ3v) is 3.92. The highest BCUT2D eigenvalue weighted by molar-refractivity contribution is 5.81. The number of hydrogen-bond acceptors (Lipinski definition) is 0. The largest absolute Gasteiger partial charge is 0.115 e. The van der Waals surface area contributed by atoms with E-state index in [-0.39, 0.29) is 0 Å². The van der Waals surface area contributed by atoms with Gasteiger partial charge < -0.3 is 0 Å². The maximum absolute atomic E-state index is 5.75. The molecule has 0 heterocycles. The number of terminal acetylenes is 2. The first-order chi connectivity index (χ1) is 11.2. The lowest BCUT2D eigenvalue weighted by molar-refractivity contribution is 1.46. The van der Waals surface area contributed by atoms with Gasteiger partial charge in [0, 0.05) is 11.1 Å². The van der Waals surface area contributed by atoms with Crippen LogP contribution in [0.15, 0.2) is 66.7 Å². The van der Waals surface area contributed by atoms with Crippen LogP contribution in [0.4, 0.5) is 0 Å². The van der Waals surface area contributed by atoms with Gasteiger partial charge in [0.1, 0.15) is 0 Å². The first-order valence-corrected chi connectivity index (χ1v) is 7.46. The molecule has 0 aromatic heterocycles. The van der Waals surface area contributed by atoms with Crippen molar-refractivity contribution in [1.82, 2.24) is 0 Å². The Labute approximate surface area is 137 Å². The third kappa shape index (κ3) is 2.89. The predicted molar refractivity (Wildman–Crippen MR) is 97.9 cm³/mol. The summed E-state index contributed by atoms with van der Waals surface area (Å²) < 4.78 is 0. The van der Waals surface area contributed by atoms with Crippen molar-refractivity contribution in [3.05, 3.63) is 83.4 Å². The molecule has 0 aliphatic heterocycles. The fourth-order valence-corrected chi connectivity index (χ4v) is 2.67. The average molecular weight is 292 g/mol. The fourth-order valence-electron chi connectivity index (χ4n) is 2.67. The predicted octanol–water partition coefficient (Wildman–Crippen LogP) is 5.29. The summed E-state index contributed by atoms with van der Waals surface area (Å²) in [5.41, 5.74) is 7.08. The molecule has 0 unspecified atom stereocenters. The van der Waals surface area contributed by atoms with E-state index in [0.29, 0.717) is 0 Å². The number of hydrogen-bond donors (Lipinski definition) is 0. The minimum Gasteiger partial charge on any atom is -0.115 e. The highest BCUT2D eigenvalue weighted by Crippen LogP contribution is 2.32. The Kier molecular flexibility index (Phi) is 4.01. The molecule has 3 aromatic carbocycles. The van der Waals surface area contributed by atoms with E-state index in [2.05, 4.69) is 43.0 Å². The van der Waals surface area contributed by atoms with Crippen LogP contribution in [-0.4, -0.2) is 0 Å². The van der Waals surface area contributed by atoms with E-state index in [0.717, 1.165) is 33.4 Å². The number of rotatable bonds is 2. The summed E-state index contributed by atoms with van der Waals surface area (Å²) in [5, 5.41) is 0. The van der Waals surface area contributed by atoms with Crippen molar-refractivity contribution in [2.45, 2.75) is 6.92 Å². The molecule has 0 saturated heterocycles. The van der Waals surface area contributed by atoms with Crippen LogP contribution in [0.25, 0.3) is 22.3 Å². The molecule has 0 aliphatic carbocycles. The summed E-state index contributed by atoms with van der Waals surface area (Å²) in [5.74, 6) is 5.60. The summed E-state index contributed by atoms with van der Waals surface area (Å²) in [6, 6.07) is 22.4. The molecular formula is C23H16. The van der Waals surface area contributed by atoms with Crippen LogP contribution in [0, 0.1) is 31.6 Å². The van der Waals surface area contributed by atoms with Crippen molar-refractivity contribution in [2.75, 3.05) is 0 Å². The first kappa shape index (κ1) is 14.7. The number of benzene rings is 3. The zero-order chi connectivity index (χ0) is 16.2. The van der Waals surface area contributed by atoms with E-state index in [1.807, 2.05) is 42.5 Å². The van der Waals surface area contributed by atoms with Gasteiger partial charge in [-0.1, -0.05) is 72.0 Å². The summed E-state index contributed by atoms with van der Waals surface area (Å²) in [6.45, 7) is 2.07. The Bertz CT molecular complexity index is 915. The Balaban J connectivity index is 2.23. The average Bonchev–Trinajstić information content (AvgIpc) is 2.62. The van der Waals surface area contributed by atoms with Crippen LogP contribution in [-0.2, 0) is 0 Å². The molecule has 0 spiro atoms. The molecule has 0 radical (unpaired) electrons. The second-order valence-electron chi connectivity index (χ2n) is 5.46. The second kappa shape index (κ2) is 6.27. The quantitative estimate of drug-likeness (QED) is 0.563. The fraction of sp³-hybridized carbons (Fsp3) is 0.0435. The third-order valence-electron chi connectivity index (χ3n) is 3.92. The molecular weight excluding hydrogens is 276 g/mol. The van der Waals surface area contributed by atoms with E-state index in [1.54, 1.807) is 0 Å². The molecule has 0 amide bonds. The van der Waals surface area contributed by atoms with Crippen LogP contribution in [0.1, 0.15) is 16.7 Å². The summed E-state index contributed by atoms with van der Waals surface area (Å²) in [6.07, 6.45) is 11.5. The van der Waals surface area contributed by atoms with Gasteiger partial charge in [0.05, 0.1) is 0 Å². The van der Waals surface area contributed by atoms with Crippen molar-refractivity contribution >= 4 is 0 Å². The topological polar surface area (TPSA) is 0 Å². The van der Waals surface area contributed by atoms with Gasteiger partial charge in [0.2, 0.25) is 0 Å². The maximum atomic E-state index is 5.75. The van der Waals surface area contributed by atoms with Gasteiger partial charge in [-0.2, -0.15) is 0 Å². The molecule has 0 bridgehead atoms. The molecule has 0 nitrogen and oxygen atoms in total. The van der Waals surface area contributed by atoms with Gasteiger partial charge in [-0.3, -0.25) is 0 Å². The minimum absolute atomic E-state index is 0.853. The smallest absolute Gasteiger partial charge is 0.0328 e. The van der Waals surface area contributed by atoms with Gasteiger partial charge in [-0.25, -0.2) is 0 Å². The normalized spacial score (nSPS) is 9.87. The SMILES string of the molecule is C#Cc1cc(-c2ccc(C)cc2)c(C#C)cc1-c1ccccc1. The van der Waals surface area contributed by atoms with E-state index < -0.39 is 0 Å². The van der Waals surface area contributed by atoms with Crippen LogP contribution in [0.2, 0.25) is 0 Å². The van der Waals surface area contributed by atoms with E-state index in [1.165, 1.54) is 5.56 Å². The van der Waals surface area contributed by atoms with E-state index in [9.17, 15) is 0 Å². The molecule has 0 atom stereocenters. The van der Waals surface area contributed by atoms with Crippen LogP contribution < -0.4 is 0 Å². The summed E-state index contributed by atoms with van der Waals surface area (Å²) in [4.78, 5) is 0. The van der Waals surface area contributed by atoms with Crippen LogP contribution in [0.5, 0.6) is 0 Å². The molecule has 108 valence electrons. The monoisotopic (exact) mass is 292 g/mol. The molecule has 23 heavy (non-hydrogen) atoms. The molecule has 0 aliphatic rings. The van der Waals surface area contributed by atoms with Gasteiger partial charge in [-0.05, 0) is 41.3 Å². The lowest BCUT2D eigenvalue weighted by atomic mass is 9.91. The van der Waals surface area contributed by atoms with Gasteiger partial charge >= 0.3 is 0 Å². The van der Waals surface area contributed by atoms with Gasteiger partial charge in [-0.15, -0.1) is 12.8 Å². The second-order valence-corrected chi connectivity index (χ2v) is 5.46. The maximum Gasteiger partial charge on any atom is 0.0328 e. The van der Waals surface area contributed by atoms with Gasteiger partial charge in [0.25, 0.3) is 0 Å². The Morgan fingerprint density at radius 3 is 1.61 bits per heavy atom. The zero-order valence-corrected chi connectivity index (χ0v) is 13.0. The van der Waals surface area contributed by atoms with Crippen molar-refractivity contribution in [3.8, 4) is 46.9 Å². The highest BCUT2D eigenvalue weighted by Gasteiger charge is 2.11. The van der Waals surface area contributed by atoms with Gasteiger partial charge in [0.15, 0.2) is 0 Å². The van der Waals surface area contributed by atoms with Crippen molar-refractivity contribution in [1.29, 1.82) is 0 Å². The lowest BCUT2D eigenvalue weighted by Gasteiger charge is -2.12. The Morgan fingerprint density at radius 1 is 0.652 bits per heavy atom. The summed E-state index contributed by atoms with van der Waals surface area (Å²) in [7, 11) is 0. The molecule has 0 saturated carbocycles. The van der Waals surface area contributed by atoms with Crippen molar-refractivity contribution in [2.24, 2.45) is 0 Å². The lowest BCUT2D eigenvalue weighted by Crippen LogP contribution is -1.92. The highest BCUT2D eigenvalue weighted by atomic mass is 14.1. The Hall–Kier alpha value is -3.22. The van der Waals surface area contributed by atoms with E-state index in [4.69, 9.17) is 12.8 Å². The van der Waals surface area contributed by atoms with E-state index >= 15 is 0 Å². The summed E-state index contributed by atoms with van der Waals surface area (Å²) >= 11 is 0. The number of aryl methyl sites for hydroxylation is 1. The molecule has 3 aromatic rings. The van der Waals surface area contributed by atoms with Crippen LogP contribution >= 0.6 is 0 Å². The zero-order valence-electron chi connectivity index (χ0n) is 13.0. The molecule has 0 N–H and O–H groups in total. The van der Waals surface area contributed by atoms with Crippen LogP contribution in [0.3, 0.4) is 0 Å².